The first-order chi connectivity index (χ1) is 6.52. The van der Waals surface area contributed by atoms with Crippen molar-refractivity contribution in [3.8, 4) is 0 Å². The summed E-state index contributed by atoms with van der Waals surface area (Å²) in [5, 5.41) is 9.17. The molecule has 1 N–H and O–H groups in total. The zero-order chi connectivity index (χ0) is 10.7. The fourth-order valence-electron chi connectivity index (χ4n) is 1.86. The highest BCUT2D eigenvalue weighted by Gasteiger charge is 2.25. The van der Waals surface area contributed by atoms with E-state index in [1.807, 2.05) is 0 Å². The zero-order valence-electron chi connectivity index (χ0n) is 9.23. The predicted octanol–water partition coefficient (Wildman–Crippen LogP) is -0.0802. The molecule has 0 bridgehead atoms. The number of carbonyl (C=O) groups is 1. The highest BCUT2D eigenvalue weighted by Crippen LogP contribution is 2.14. The van der Waals surface area contributed by atoms with Gasteiger partial charge in [0.15, 0.2) is 0 Å². The smallest absolute Gasteiger partial charge is 0.251 e. The van der Waals surface area contributed by atoms with Crippen molar-refractivity contribution in [2.45, 2.75) is 31.9 Å². The Bertz CT molecular complexity index is 198. The number of hydrogen-bond acceptors (Lipinski definition) is 3. The van der Waals surface area contributed by atoms with Gasteiger partial charge in [0, 0.05) is 13.1 Å². The Labute approximate surface area is 85.5 Å². The highest BCUT2D eigenvalue weighted by molar-refractivity contribution is 5.80. The van der Waals surface area contributed by atoms with Gasteiger partial charge in [-0.3, -0.25) is 4.79 Å². The summed E-state index contributed by atoms with van der Waals surface area (Å²) in [5.74, 6) is -0.167. The lowest BCUT2D eigenvalue weighted by Gasteiger charge is -2.35. The van der Waals surface area contributed by atoms with E-state index >= 15 is 0 Å². The number of likely N-dealkylation sites (tertiary alicyclic amines) is 1. The molecule has 4 heteroatoms. The largest absolute Gasteiger partial charge is 0.384 e. The van der Waals surface area contributed by atoms with Gasteiger partial charge in [0.05, 0.1) is 0 Å². The first kappa shape index (κ1) is 11.5. The van der Waals surface area contributed by atoms with E-state index in [0.29, 0.717) is 6.04 Å². The van der Waals surface area contributed by atoms with E-state index in [2.05, 4.69) is 11.9 Å². The minimum absolute atomic E-state index is 0.167. The standard InChI is InChI=1S/C10H20N2O2/c1-8(13)10(14)12(3)9-4-6-11(2)7-5-9/h8-9,13H,4-7H2,1-3H3. The Hall–Kier alpha value is -0.610. The second-order valence-electron chi connectivity index (χ2n) is 4.16. The van der Waals surface area contributed by atoms with Gasteiger partial charge in [0.1, 0.15) is 6.10 Å². The molecular formula is C10H20N2O2. The average molecular weight is 200 g/mol. The zero-order valence-corrected chi connectivity index (χ0v) is 9.23. The number of nitrogens with zero attached hydrogens (tertiary/aromatic N) is 2. The third-order valence-electron chi connectivity index (χ3n) is 2.94. The molecule has 1 atom stereocenters. The molecule has 1 aliphatic heterocycles. The first-order valence-corrected chi connectivity index (χ1v) is 5.15. The van der Waals surface area contributed by atoms with E-state index in [0.717, 1.165) is 25.9 Å². The maximum Gasteiger partial charge on any atom is 0.251 e. The van der Waals surface area contributed by atoms with E-state index in [1.54, 1.807) is 11.9 Å². The van der Waals surface area contributed by atoms with Crippen LogP contribution in [0.15, 0.2) is 0 Å². The fourth-order valence-corrected chi connectivity index (χ4v) is 1.86. The van der Waals surface area contributed by atoms with Crippen molar-refractivity contribution < 1.29 is 9.90 Å². The van der Waals surface area contributed by atoms with E-state index < -0.39 is 6.10 Å². The van der Waals surface area contributed by atoms with Gasteiger partial charge in [-0.05, 0) is 39.9 Å². The number of amides is 1. The van der Waals surface area contributed by atoms with Gasteiger partial charge < -0.3 is 14.9 Å². The Morgan fingerprint density at radius 2 is 2.00 bits per heavy atom. The van der Waals surface area contributed by atoms with Crippen LogP contribution in [0.3, 0.4) is 0 Å². The summed E-state index contributed by atoms with van der Waals surface area (Å²) < 4.78 is 0. The van der Waals surface area contributed by atoms with Crippen LogP contribution in [0, 0.1) is 0 Å². The van der Waals surface area contributed by atoms with Crippen LogP contribution in [0.2, 0.25) is 0 Å². The van der Waals surface area contributed by atoms with Gasteiger partial charge in [-0.25, -0.2) is 0 Å². The van der Waals surface area contributed by atoms with Crippen molar-refractivity contribution in [3.63, 3.8) is 0 Å². The molecule has 0 spiro atoms. The minimum atomic E-state index is -0.875. The number of piperidine rings is 1. The normalized spacial score (nSPS) is 22.0. The molecule has 0 aromatic carbocycles. The van der Waals surface area contributed by atoms with Crippen molar-refractivity contribution in [1.82, 2.24) is 9.80 Å². The SMILES string of the molecule is CC(O)C(=O)N(C)C1CCN(C)CC1. The molecule has 14 heavy (non-hydrogen) atoms. The van der Waals surface area contributed by atoms with Crippen LogP contribution >= 0.6 is 0 Å². The van der Waals surface area contributed by atoms with Crippen LogP contribution in [0.5, 0.6) is 0 Å². The number of hydrogen-bond donors (Lipinski definition) is 1. The summed E-state index contributed by atoms with van der Waals surface area (Å²) in [6.07, 6.45) is 1.14. The van der Waals surface area contributed by atoms with Crippen LogP contribution in [0.1, 0.15) is 19.8 Å². The maximum atomic E-state index is 11.5. The van der Waals surface area contributed by atoms with E-state index in [9.17, 15) is 9.90 Å². The summed E-state index contributed by atoms with van der Waals surface area (Å²) in [6, 6.07) is 0.299. The van der Waals surface area contributed by atoms with Crippen LogP contribution < -0.4 is 0 Å². The van der Waals surface area contributed by atoms with Gasteiger partial charge >= 0.3 is 0 Å². The molecule has 0 saturated carbocycles. The predicted molar refractivity (Wildman–Crippen MR) is 55.0 cm³/mol. The van der Waals surface area contributed by atoms with Crippen LogP contribution in [-0.4, -0.2) is 60.1 Å². The summed E-state index contributed by atoms with van der Waals surface area (Å²) in [7, 11) is 3.87. The number of aliphatic hydroxyl groups excluding tert-OH is 1. The monoisotopic (exact) mass is 200 g/mol. The molecule has 0 aromatic rings. The molecule has 0 aromatic heterocycles. The van der Waals surface area contributed by atoms with Crippen molar-refractivity contribution in [2.24, 2.45) is 0 Å². The number of carbonyl (C=O) groups excluding carboxylic acids is 1. The molecule has 1 heterocycles. The quantitative estimate of drug-likeness (QED) is 0.678. The van der Waals surface area contributed by atoms with Crippen LogP contribution in [-0.2, 0) is 4.79 Å². The van der Waals surface area contributed by atoms with Gasteiger partial charge in [0.2, 0.25) is 0 Å². The lowest BCUT2D eigenvalue weighted by Crippen LogP contribution is -2.47. The molecule has 1 rings (SSSR count). The molecule has 82 valence electrons. The lowest BCUT2D eigenvalue weighted by molar-refractivity contribution is -0.140. The van der Waals surface area contributed by atoms with Crippen molar-refractivity contribution >= 4 is 5.91 Å². The summed E-state index contributed by atoms with van der Waals surface area (Å²) in [6.45, 7) is 3.58. The topological polar surface area (TPSA) is 43.8 Å². The second kappa shape index (κ2) is 4.75. The Morgan fingerprint density at radius 1 is 1.50 bits per heavy atom. The molecule has 1 aliphatic rings. The molecule has 1 amide bonds. The van der Waals surface area contributed by atoms with Crippen molar-refractivity contribution in [3.05, 3.63) is 0 Å². The number of aliphatic hydroxyl groups is 1. The first-order valence-electron chi connectivity index (χ1n) is 5.15. The van der Waals surface area contributed by atoms with Crippen LogP contribution in [0.25, 0.3) is 0 Å². The number of rotatable bonds is 2. The molecule has 0 radical (unpaired) electrons. The van der Waals surface area contributed by atoms with Crippen molar-refractivity contribution in [2.75, 3.05) is 27.2 Å². The minimum Gasteiger partial charge on any atom is -0.384 e. The lowest BCUT2D eigenvalue weighted by atomic mass is 10.0. The third-order valence-corrected chi connectivity index (χ3v) is 2.94. The Kier molecular flexibility index (Phi) is 3.89. The van der Waals surface area contributed by atoms with Gasteiger partial charge in [-0.15, -0.1) is 0 Å². The fraction of sp³-hybridized carbons (Fsp3) is 0.900. The van der Waals surface area contributed by atoms with Crippen LogP contribution in [0.4, 0.5) is 0 Å². The summed E-state index contributed by atoms with van der Waals surface area (Å²) in [5.41, 5.74) is 0. The molecule has 1 fully saturated rings. The number of likely N-dealkylation sites (N-methyl/N-ethyl adjacent to an activating group) is 1. The Balaban J connectivity index is 2.45. The molecule has 1 saturated heterocycles. The van der Waals surface area contributed by atoms with Gasteiger partial charge in [0.25, 0.3) is 5.91 Å². The second-order valence-corrected chi connectivity index (χ2v) is 4.16. The third kappa shape index (κ3) is 2.69. The molecule has 0 aliphatic carbocycles. The van der Waals surface area contributed by atoms with Gasteiger partial charge in [-0.2, -0.15) is 0 Å². The highest BCUT2D eigenvalue weighted by atomic mass is 16.3. The van der Waals surface area contributed by atoms with Crippen molar-refractivity contribution in [1.29, 1.82) is 0 Å². The molecular weight excluding hydrogens is 180 g/mol. The maximum absolute atomic E-state index is 11.5. The van der Waals surface area contributed by atoms with E-state index in [-0.39, 0.29) is 5.91 Å². The summed E-state index contributed by atoms with van der Waals surface area (Å²) in [4.78, 5) is 15.4. The Morgan fingerprint density at radius 3 is 2.43 bits per heavy atom. The van der Waals surface area contributed by atoms with Gasteiger partial charge in [-0.1, -0.05) is 0 Å². The average Bonchev–Trinajstić information content (AvgIpc) is 2.16. The molecule has 1 unspecified atom stereocenters. The summed E-state index contributed by atoms with van der Waals surface area (Å²) >= 11 is 0. The van der Waals surface area contributed by atoms with E-state index in [4.69, 9.17) is 0 Å². The molecule has 4 nitrogen and oxygen atoms in total. The van der Waals surface area contributed by atoms with E-state index in [1.165, 1.54) is 6.92 Å².